The molecule has 0 saturated carbocycles. The quantitative estimate of drug-likeness (QED) is 0.307. The van der Waals surface area contributed by atoms with Crippen LogP contribution in [0.25, 0.3) is 0 Å². The van der Waals surface area contributed by atoms with Crippen molar-refractivity contribution in [3.05, 3.63) is 22.0 Å². The van der Waals surface area contributed by atoms with E-state index in [1.165, 1.54) is 0 Å². The molecule has 0 N–H and O–H groups in total. The van der Waals surface area contributed by atoms with E-state index in [-0.39, 0.29) is 18.3 Å². The van der Waals surface area contributed by atoms with Crippen LogP contribution >= 0.6 is 29.4 Å². The molecule has 0 bridgehead atoms. The van der Waals surface area contributed by atoms with E-state index in [0.717, 1.165) is 24.6 Å². The predicted molar refractivity (Wildman–Crippen MR) is 86.4 cm³/mol. The third-order valence-corrected chi connectivity index (χ3v) is 4.28. The van der Waals surface area contributed by atoms with Crippen LogP contribution in [0.15, 0.2) is 22.0 Å². The average Bonchev–Trinajstić information content (AvgIpc) is 2.38. The second kappa shape index (κ2) is 8.74. The summed E-state index contributed by atoms with van der Waals surface area (Å²) >= 11 is 6.93. The van der Waals surface area contributed by atoms with Crippen LogP contribution < -0.4 is 0 Å². The Morgan fingerprint density at radius 1 is 1.72 bits per heavy atom. The molecule has 0 aliphatic carbocycles. The van der Waals surface area contributed by atoms with Gasteiger partial charge in [-0.15, -0.1) is 0 Å². The van der Waals surface area contributed by atoms with Crippen LogP contribution in [0, 0.1) is 5.92 Å². The standard InChI is InChI=1S/C11H16BIO3PS/c1-7(6-13)11-15-9(3)8(2)10(16-11)4-5-14-12-17-18/h6,8,10-11H,3-5H2,1-2H3/q+1/b7-6+/t8-,10-,11+/m1/s1. The van der Waals surface area contributed by atoms with E-state index >= 15 is 0 Å². The first-order valence-electron chi connectivity index (χ1n) is 5.63. The molecule has 98 valence electrons. The van der Waals surface area contributed by atoms with Gasteiger partial charge in [0.2, 0.25) is 0 Å². The summed E-state index contributed by atoms with van der Waals surface area (Å²) in [6.07, 6.45) is 0.546. The van der Waals surface area contributed by atoms with Crippen molar-refractivity contribution in [2.45, 2.75) is 32.7 Å². The molecule has 0 spiro atoms. The Balaban J connectivity index is 2.58. The monoisotopic (exact) mass is 397 g/mol. The summed E-state index contributed by atoms with van der Waals surface area (Å²) in [6.45, 7) is 10.9. The summed E-state index contributed by atoms with van der Waals surface area (Å²) in [7, 11) is 0. The molecule has 1 saturated heterocycles. The molecule has 7 heteroatoms. The molecule has 0 aromatic heterocycles. The first-order valence-corrected chi connectivity index (χ1v) is 8.86. The maximum atomic E-state index is 5.92. The van der Waals surface area contributed by atoms with E-state index in [1.807, 2.05) is 11.0 Å². The Hall–Kier alpha value is 0.645. The van der Waals surface area contributed by atoms with Gasteiger partial charge in [0.15, 0.2) is 0 Å². The SMILES string of the molecule is C=C1O[C@H](/C(C)=C/I)O[C@H](CCOB=[P+]=S)[C@@H]1C. The summed E-state index contributed by atoms with van der Waals surface area (Å²) in [5.74, 6) is 0.951. The molecular formula is C11H16BIO3PS+. The summed E-state index contributed by atoms with van der Waals surface area (Å²) < 4.78 is 18.8. The van der Waals surface area contributed by atoms with Crippen LogP contribution in [-0.2, 0) is 25.9 Å². The van der Waals surface area contributed by atoms with Gasteiger partial charge in [-0.25, -0.2) is 0 Å². The average molecular weight is 397 g/mol. The first-order chi connectivity index (χ1) is 8.60. The van der Waals surface area contributed by atoms with Crippen molar-refractivity contribution >= 4 is 48.1 Å². The summed E-state index contributed by atoms with van der Waals surface area (Å²) in [5.41, 5.74) is 1.05. The fourth-order valence-electron chi connectivity index (χ4n) is 1.59. The number of ether oxygens (including phenoxy) is 2. The van der Waals surface area contributed by atoms with Crippen LogP contribution in [0.5, 0.6) is 0 Å². The van der Waals surface area contributed by atoms with Gasteiger partial charge in [0.05, 0.1) is 0 Å². The molecule has 1 aliphatic rings. The van der Waals surface area contributed by atoms with Crippen LogP contribution in [-0.4, -0.2) is 25.8 Å². The van der Waals surface area contributed by atoms with Gasteiger partial charge < -0.3 is 0 Å². The van der Waals surface area contributed by atoms with Gasteiger partial charge in [0.1, 0.15) is 0 Å². The molecule has 1 heterocycles. The topological polar surface area (TPSA) is 27.7 Å². The van der Waals surface area contributed by atoms with Crippen molar-refractivity contribution < 1.29 is 14.1 Å². The van der Waals surface area contributed by atoms with Gasteiger partial charge in [-0.2, -0.15) is 0 Å². The van der Waals surface area contributed by atoms with E-state index in [4.69, 9.17) is 25.9 Å². The fourth-order valence-corrected chi connectivity index (χ4v) is 2.24. The van der Waals surface area contributed by atoms with E-state index < -0.39 is 0 Å². The van der Waals surface area contributed by atoms with Gasteiger partial charge in [0.25, 0.3) is 0 Å². The zero-order chi connectivity index (χ0) is 13.5. The molecule has 0 aromatic rings. The predicted octanol–water partition coefficient (Wildman–Crippen LogP) is 3.57. The van der Waals surface area contributed by atoms with Gasteiger partial charge in [-0.3, -0.25) is 0 Å². The van der Waals surface area contributed by atoms with E-state index in [0.29, 0.717) is 6.61 Å². The second-order valence-corrected chi connectivity index (χ2v) is 5.78. The zero-order valence-corrected chi connectivity index (χ0v) is 14.3. The zero-order valence-electron chi connectivity index (χ0n) is 10.5. The maximum absolute atomic E-state index is 5.92. The molecule has 1 aliphatic heterocycles. The second-order valence-electron chi connectivity index (χ2n) is 4.10. The van der Waals surface area contributed by atoms with Gasteiger partial charge in [-0.1, -0.05) is 0 Å². The van der Waals surface area contributed by atoms with Crippen LogP contribution in [0.2, 0.25) is 0 Å². The number of hydrogen-bond acceptors (Lipinski definition) is 4. The Morgan fingerprint density at radius 2 is 2.44 bits per heavy atom. The Bertz CT molecular complexity index is 384. The van der Waals surface area contributed by atoms with Crippen LogP contribution in [0.1, 0.15) is 20.3 Å². The summed E-state index contributed by atoms with van der Waals surface area (Å²) in [5, 5.41) is 0. The molecule has 1 fully saturated rings. The molecule has 18 heavy (non-hydrogen) atoms. The van der Waals surface area contributed by atoms with Gasteiger partial charge in [0, 0.05) is 0 Å². The van der Waals surface area contributed by atoms with Gasteiger partial charge in [-0.05, 0) is 0 Å². The third kappa shape index (κ3) is 4.97. The Labute approximate surface area is 129 Å². The Kier molecular flexibility index (Phi) is 8.11. The van der Waals surface area contributed by atoms with Crippen LogP contribution in [0.3, 0.4) is 0 Å². The van der Waals surface area contributed by atoms with Crippen molar-refractivity contribution in [2.75, 3.05) is 6.61 Å². The van der Waals surface area contributed by atoms with Crippen molar-refractivity contribution in [3.8, 4) is 0 Å². The Morgan fingerprint density at radius 3 is 3.06 bits per heavy atom. The van der Waals surface area contributed by atoms with Crippen molar-refractivity contribution in [3.63, 3.8) is 0 Å². The minimum absolute atomic E-state index is 0.0674. The summed E-state index contributed by atoms with van der Waals surface area (Å²) in [6, 6.07) is 0. The molecule has 1 rings (SSSR count). The van der Waals surface area contributed by atoms with E-state index in [2.05, 4.69) is 36.1 Å². The molecule has 0 aromatic carbocycles. The molecule has 0 amide bonds. The molecule has 0 radical (unpaired) electrons. The molecule has 3 nitrogen and oxygen atoms in total. The first kappa shape index (κ1) is 16.7. The summed E-state index contributed by atoms with van der Waals surface area (Å²) in [4.78, 5) is 0. The number of rotatable bonds is 5. The number of hydrogen-bond donors (Lipinski definition) is 0. The van der Waals surface area contributed by atoms with E-state index in [9.17, 15) is 0 Å². The van der Waals surface area contributed by atoms with Gasteiger partial charge >= 0.3 is 129 Å². The minimum atomic E-state index is -0.323. The van der Waals surface area contributed by atoms with Crippen LogP contribution in [0.4, 0.5) is 0 Å². The molecular weight excluding hydrogens is 381 g/mol. The third-order valence-electron chi connectivity index (χ3n) is 2.80. The van der Waals surface area contributed by atoms with Crippen molar-refractivity contribution in [1.82, 2.24) is 0 Å². The number of halogens is 1. The normalized spacial score (nSPS) is 28.5. The fraction of sp³-hybridized carbons (Fsp3) is 0.636. The molecule has 0 unspecified atom stereocenters. The van der Waals surface area contributed by atoms with Crippen molar-refractivity contribution in [2.24, 2.45) is 5.92 Å². The molecule has 3 atom stereocenters. The van der Waals surface area contributed by atoms with Crippen molar-refractivity contribution in [1.29, 1.82) is 0 Å². The van der Waals surface area contributed by atoms with E-state index in [1.54, 1.807) is 6.82 Å².